The maximum Gasteiger partial charge on any atom is 0.408 e. The minimum Gasteiger partial charge on any atom is -0.480 e. The first-order valence-corrected chi connectivity index (χ1v) is 7.40. The first kappa shape index (κ1) is 16.3. The van der Waals surface area contributed by atoms with Crippen molar-refractivity contribution in [3.8, 4) is 0 Å². The van der Waals surface area contributed by atoms with E-state index >= 15 is 0 Å². The van der Waals surface area contributed by atoms with E-state index in [4.69, 9.17) is 4.74 Å². The standard InChI is InChI=1S/C15H22N2O5/c1-15(2,3)22-14(21)16-10-6-4-5-9-7-8-11(13(19)20)17(9)12(10)18/h4,6,9-11H,5,7-8H2,1-3H3,(H,16,21)(H,19,20)/t9-,10-,11-/m0/s1. The molecule has 0 aliphatic carbocycles. The Hall–Kier alpha value is -2.05. The van der Waals surface area contributed by atoms with Crippen molar-refractivity contribution in [1.82, 2.24) is 10.2 Å². The van der Waals surface area contributed by atoms with E-state index in [0.717, 1.165) is 0 Å². The number of hydrogen-bond donors (Lipinski definition) is 2. The van der Waals surface area contributed by atoms with Crippen molar-refractivity contribution in [3.63, 3.8) is 0 Å². The molecule has 3 atom stereocenters. The quantitative estimate of drug-likeness (QED) is 0.749. The van der Waals surface area contributed by atoms with Gasteiger partial charge in [0.05, 0.1) is 0 Å². The van der Waals surface area contributed by atoms with Crippen molar-refractivity contribution >= 4 is 18.0 Å². The summed E-state index contributed by atoms with van der Waals surface area (Å²) < 4.78 is 5.14. The number of amides is 2. The first-order valence-electron chi connectivity index (χ1n) is 7.40. The zero-order valence-electron chi connectivity index (χ0n) is 13.0. The molecule has 0 unspecified atom stereocenters. The third-order valence-corrected chi connectivity index (χ3v) is 3.72. The van der Waals surface area contributed by atoms with Crippen molar-refractivity contribution in [2.24, 2.45) is 0 Å². The number of hydrogen-bond acceptors (Lipinski definition) is 4. The zero-order chi connectivity index (χ0) is 16.5. The first-order chi connectivity index (χ1) is 10.2. The van der Waals surface area contributed by atoms with Crippen LogP contribution in [0.2, 0.25) is 0 Å². The third kappa shape index (κ3) is 3.58. The lowest BCUT2D eigenvalue weighted by Gasteiger charge is -2.29. The molecule has 0 aromatic carbocycles. The molecule has 2 aliphatic rings. The number of carboxylic acid groups (broad SMARTS) is 1. The molecular formula is C15H22N2O5. The topological polar surface area (TPSA) is 95.9 Å². The molecule has 2 amide bonds. The summed E-state index contributed by atoms with van der Waals surface area (Å²) in [5.41, 5.74) is -0.665. The minimum atomic E-state index is -1.01. The number of carbonyl (C=O) groups excluding carboxylic acids is 2. The Balaban J connectivity index is 2.11. The van der Waals surface area contributed by atoms with Crippen LogP contribution in [0.5, 0.6) is 0 Å². The van der Waals surface area contributed by atoms with Gasteiger partial charge in [0, 0.05) is 6.04 Å². The summed E-state index contributed by atoms with van der Waals surface area (Å²) in [6.07, 6.45) is 4.42. The van der Waals surface area contributed by atoms with Crippen LogP contribution in [0.15, 0.2) is 12.2 Å². The molecule has 0 saturated carbocycles. The Bertz CT molecular complexity index is 509. The molecule has 0 radical (unpaired) electrons. The van der Waals surface area contributed by atoms with Gasteiger partial charge < -0.3 is 20.1 Å². The summed E-state index contributed by atoms with van der Waals surface area (Å²) >= 11 is 0. The van der Waals surface area contributed by atoms with Crippen LogP contribution in [-0.4, -0.2) is 51.7 Å². The van der Waals surface area contributed by atoms with E-state index in [1.807, 2.05) is 6.08 Å². The molecule has 1 fully saturated rings. The Morgan fingerprint density at radius 2 is 2.05 bits per heavy atom. The van der Waals surface area contributed by atoms with Gasteiger partial charge >= 0.3 is 12.1 Å². The van der Waals surface area contributed by atoms with E-state index in [0.29, 0.717) is 19.3 Å². The van der Waals surface area contributed by atoms with Gasteiger partial charge in [0.2, 0.25) is 5.91 Å². The highest BCUT2D eigenvalue weighted by Crippen LogP contribution is 2.29. The van der Waals surface area contributed by atoms with Gasteiger partial charge in [-0.05, 0) is 40.0 Å². The van der Waals surface area contributed by atoms with Crippen LogP contribution in [0, 0.1) is 0 Å². The van der Waals surface area contributed by atoms with Gasteiger partial charge in [-0.2, -0.15) is 0 Å². The number of alkyl carbamates (subject to hydrolysis) is 1. The second kappa shape index (κ2) is 5.98. The van der Waals surface area contributed by atoms with Crippen molar-refractivity contribution < 1.29 is 24.2 Å². The van der Waals surface area contributed by atoms with Crippen molar-refractivity contribution in [1.29, 1.82) is 0 Å². The molecule has 22 heavy (non-hydrogen) atoms. The van der Waals surface area contributed by atoms with E-state index in [1.165, 1.54) is 4.90 Å². The number of nitrogens with one attached hydrogen (secondary N) is 1. The largest absolute Gasteiger partial charge is 0.480 e. The van der Waals surface area contributed by atoms with Crippen LogP contribution in [-0.2, 0) is 14.3 Å². The maximum absolute atomic E-state index is 12.6. The Kier molecular flexibility index (Phi) is 4.44. The Labute approximate surface area is 129 Å². The fraction of sp³-hybridized carbons (Fsp3) is 0.667. The van der Waals surface area contributed by atoms with Crippen LogP contribution in [0.1, 0.15) is 40.0 Å². The van der Waals surface area contributed by atoms with E-state index in [1.54, 1.807) is 26.8 Å². The lowest BCUT2D eigenvalue weighted by atomic mass is 10.1. The Morgan fingerprint density at radius 1 is 1.36 bits per heavy atom. The summed E-state index contributed by atoms with van der Waals surface area (Å²) in [5, 5.41) is 11.8. The van der Waals surface area contributed by atoms with Crippen LogP contribution >= 0.6 is 0 Å². The number of carbonyl (C=O) groups is 3. The molecule has 7 heteroatoms. The van der Waals surface area contributed by atoms with Gasteiger partial charge in [0.25, 0.3) is 0 Å². The second-order valence-electron chi connectivity index (χ2n) is 6.62. The van der Waals surface area contributed by atoms with Gasteiger partial charge in [-0.1, -0.05) is 12.2 Å². The third-order valence-electron chi connectivity index (χ3n) is 3.72. The van der Waals surface area contributed by atoms with Gasteiger partial charge in [-0.15, -0.1) is 0 Å². The predicted octanol–water partition coefficient (Wildman–Crippen LogP) is 1.28. The number of nitrogens with zero attached hydrogens (tertiary/aromatic N) is 1. The van der Waals surface area contributed by atoms with Crippen molar-refractivity contribution in [3.05, 3.63) is 12.2 Å². The summed E-state index contributed by atoms with van der Waals surface area (Å²) in [4.78, 5) is 37.1. The fourth-order valence-corrected chi connectivity index (χ4v) is 2.85. The number of aliphatic carboxylic acids is 1. The molecule has 7 nitrogen and oxygen atoms in total. The highest BCUT2D eigenvalue weighted by molar-refractivity contribution is 5.91. The number of ether oxygens (including phenoxy) is 1. The molecule has 2 aliphatic heterocycles. The van der Waals surface area contributed by atoms with E-state index in [2.05, 4.69) is 5.32 Å². The fourth-order valence-electron chi connectivity index (χ4n) is 2.85. The lowest BCUT2D eigenvalue weighted by molar-refractivity contribution is -0.149. The van der Waals surface area contributed by atoms with Crippen LogP contribution < -0.4 is 5.32 Å². The lowest BCUT2D eigenvalue weighted by Crippen LogP contribution is -2.53. The van der Waals surface area contributed by atoms with Crippen LogP contribution in [0.4, 0.5) is 4.79 Å². The average Bonchev–Trinajstić information content (AvgIpc) is 2.72. The SMILES string of the molecule is CC(C)(C)OC(=O)N[C@H]1C=CC[C@H]2CC[C@@H](C(=O)O)N2C1=O. The highest BCUT2D eigenvalue weighted by atomic mass is 16.6. The van der Waals surface area contributed by atoms with Crippen molar-refractivity contribution in [2.75, 3.05) is 0 Å². The molecule has 1 saturated heterocycles. The predicted molar refractivity (Wildman–Crippen MR) is 78.2 cm³/mol. The molecular weight excluding hydrogens is 288 g/mol. The normalized spacial score (nSPS) is 28.0. The summed E-state index contributed by atoms with van der Waals surface area (Å²) in [5.74, 6) is -1.40. The Morgan fingerprint density at radius 3 is 2.64 bits per heavy atom. The number of carboxylic acids is 1. The number of fused-ring (bicyclic) bond motifs is 1. The van der Waals surface area contributed by atoms with Gasteiger partial charge in [0.15, 0.2) is 0 Å². The van der Waals surface area contributed by atoms with E-state index in [-0.39, 0.29) is 6.04 Å². The number of rotatable bonds is 2. The van der Waals surface area contributed by atoms with E-state index < -0.39 is 35.7 Å². The second-order valence-corrected chi connectivity index (χ2v) is 6.62. The molecule has 2 rings (SSSR count). The molecule has 2 N–H and O–H groups in total. The van der Waals surface area contributed by atoms with E-state index in [9.17, 15) is 19.5 Å². The maximum atomic E-state index is 12.6. The zero-order valence-corrected chi connectivity index (χ0v) is 13.0. The molecule has 0 spiro atoms. The summed E-state index contributed by atoms with van der Waals surface area (Å²) in [6.45, 7) is 5.19. The monoisotopic (exact) mass is 310 g/mol. The molecule has 0 aromatic rings. The van der Waals surface area contributed by atoms with Crippen LogP contribution in [0.3, 0.4) is 0 Å². The molecule has 122 valence electrons. The summed E-state index contributed by atoms with van der Waals surface area (Å²) in [7, 11) is 0. The molecule has 0 bridgehead atoms. The van der Waals surface area contributed by atoms with Gasteiger partial charge in [-0.3, -0.25) is 4.79 Å². The minimum absolute atomic E-state index is 0.115. The average molecular weight is 310 g/mol. The smallest absolute Gasteiger partial charge is 0.408 e. The van der Waals surface area contributed by atoms with Crippen molar-refractivity contribution in [2.45, 2.75) is 63.8 Å². The summed E-state index contributed by atoms with van der Waals surface area (Å²) in [6, 6.07) is -1.82. The van der Waals surface area contributed by atoms with Crippen LogP contribution in [0.25, 0.3) is 0 Å². The van der Waals surface area contributed by atoms with Gasteiger partial charge in [-0.25, -0.2) is 9.59 Å². The highest BCUT2D eigenvalue weighted by Gasteiger charge is 2.43. The molecule has 0 aromatic heterocycles. The molecule has 2 heterocycles. The van der Waals surface area contributed by atoms with Gasteiger partial charge in [0.1, 0.15) is 17.7 Å².